The van der Waals surface area contributed by atoms with Crippen molar-refractivity contribution >= 4 is 23.0 Å². The maximum atomic E-state index is 11.8. The van der Waals surface area contributed by atoms with Gasteiger partial charge < -0.3 is 0 Å². The Kier molecular flexibility index (Phi) is 3.05. The van der Waals surface area contributed by atoms with Crippen molar-refractivity contribution in [3.8, 4) is 0 Å². The fraction of sp³-hybridized carbons (Fsp3) is 0.364. The van der Waals surface area contributed by atoms with E-state index in [4.69, 9.17) is 0 Å². The highest BCUT2D eigenvalue weighted by Gasteiger charge is 2.11. The number of carbonyl (C=O) groups excluding carboxylic acids is 1. The maximum Gasteiger partial charge on any atom is 0.280 e. The Hall–Kier alpha value is -2.31. The van der Waals surface area contributed by atoms with E-state index in [0.29, 0.717) is 5.69 Å². The lowest BCUT2D eigenvalue weighted by molar-refractivity contribution is -0.118. The van der Waals surface area contributed by atoms with Gasteiger partial charge in [0.1, 0.15) is 0 Å². The summed E-state index contributed by atoms with van der Waals surface area (Å²) in [5, 5.41) is 2.52. The van der Waals surface area contributed by atoms with Gasteiger partial charge in [-0.2, -0.15) is 4.98 Å². The first-order chi connectivity index (χ1) is 8.47. The minimum Gasteiger partial charge on any atom is -0.296 e. The smallest absolute Gasteiger partial charge is 0.280 e. The van der Waals surface area contributed by atoms with Crippen molar-refractivity contribution in [1.29, 1.82) is 0 Å². The van der Waals surface area contributed by atoms with E-state index >= 15 is 0 Å². The highest BCUT2D eigenvalue weighted by molar-refractivity contribution is 5.90. The molecular weight excluding hydrogens is 234 g/mol. The van der Waals surface area contributed by atoms with E-state index in [2.05, 4.69) is 25.3 Å². The molecule has 0 aromatic carbocycles. The molecule has 0 atom stereocenters. The third kappa shape index (κ3) is 2.34. The second-order valence-corrected chi connectivity index (χ2v) is 4.24. The number of amides is 1. The fourth-order valence-corrected chi connectivity index (χ4v) is 1.33. The molecule has 7 heteroatoms. The van der Waals surface area contributed by atoms with Gasteiger partial charge in [0.2, 0.25) is 11.9 Å². The molecule has 0 saturated carbocycles. The number of H-pyrrole nitrogens is 1. The minimum absolute atomic E-state index is 0.0874. The lowest BCUT2D eigenvalue weighted by atomic mass is 10.2. The molecule has 2 N–H and O–H groups in total. The van der Waals surface area contributed by atoms with Gasteiger partial charge in [-0.3, -0.25) is 19.9 Å². The van der Waals surface area contributed by atoms with Gasteiger partial charge in [-0.05, 0) is 6.92 Å². The summed E-state index contributed by atoms with van der Waals surface area (Å²) in [6.07, 6.45) is 1.52. The van der Waals surface area contributed by atoms with Crippen LogP contribution in [-0.4, -0.2) is 25.8 Å². The topological polar surface area (TPSA) is 101 Å². The SMILES string of the molecule is Cc1cnc2nc(NC(=O)C(C)C)[nH]c(=O)c2n1. The van der Waals surface area contributed by atoms with E-state index in [9.17, 15) is 9.59 Å². The van der Waals surface area contributed by atoms with Gasteiger partial charge in [0.15, 0.2) is 11.2 Å². The van der Waals surface area contributed by atoms with Gasteiger partial charge >= 0.3 is 0 Å². The first-order valence-electron chi connectivity index (χ1n) is 5.52. The van der Waals surface area contributed by atoms with Crippen LogP contribution in [0, 0.1) is 12.8 Å². The molecule has 2 aromatic rings. The quantitative estimate of drug-likeness (QED) is 0.810. The average Bonchev–Trinajstić information content (AvgIpc) is 2.30. The Morgan fingerprint density at radius 2 is 2.11 bits per heavy atom. The molecule has 0 radical (unpaired) electrons. The summed E-state index contributed by atoms with van der Waals surface area (Å²) >= 11 is 0. The summed E-state index contributed by atoms with van der Waals surface area (Å²) in [4.78, 5) is 37.8. The van der Waals surface area contributed by atoms with Crippen molar-refractivity contribution in [2.24, 2.45) is 5.92 Å². The van der Waals surface area contributed by atoms with Crippen LogP contribution >= 0.6 is 0 Å². The van der Waals surface area contributed by atoms with Gasteiger partial charge in [-0.15, -0.1) is 0 Å². The van der Waals surface area contributed by atoms with Crippen LogP contribution in [0.15, 0.2) is 11.0 Å². The van der Waals surface area contributed by atoms with E-state index in [1.54, 1.807) is 20.8 Å². The van der Waals surface area contributed by atoms with Gasteiger partial charge in [-0.25, -0.2) is 9.97 Å². The van der Waals surface area contributed by atoms with Gasteiger partial charge in [0, 0.05) is 5.92 Å². The molecule has 94 valence electrons. The molecular formula is C11H13N5O2. The molecule has 0 aliphatic rings. The van der Waals surface area contributed by atoms with Crippen molar-refractivity contribution in [3.63, 3.8) is 0 Å². The molecule has 0 fully saturated rings. The third-order valence-corrected chi connectivity index (χ3v) is 2.30. The largest absolute Gasteiger partial charge is 0.296 e. The summed E-state index contributed by atoms with van der Waals surface area (Å²) in [5.74, 6) is -0.336. The minimum atomic E-state index is -0.421. The molecule has 18 heavy (non-hydrogen) atoms. The zero-order valence-corrected chi connectivity index (χ0v) is 10.3. The average molecular weight is 247 g/mol. The van der Waals surface area contributed by atoms with E-state index in [1.807, 2.05) is 0 Å². The number of fused-ring (bicyclic) bond motifs is 1. The number of anilines is 1. The zero-order valence-electron chi connectivity index (χ0n) is 10.3. The van der Waals surface area contributed by atoms with Gasteiger partial charge in [0.05, 0.1) is 11.9 Å². The number of hydrogen-bond donors (Lipinski definition) is 2. The van der Waals surface area contributed by atoms with Crippen LogP contribution in [0.25, 0.3) is 11.2 Å². The lowest BCUT2D eigenvalue weighted by Crippen LogP contribution is -2.22. The Balaban J connectivity index is 2.47. The van der Waals surface area contributed by atoms with Crippen LogP contribution in [-0.2, 0) is 4.79 Å². The maximum absolute atomic E-state index is 11.8. The number of nitrogens with zero attached hydrogens (tertiary/aromatic N) is 3. The Bertz CT molecular complexity index is 662. The fourth-order valence-electron chi connectivity index (χ4n) is 1.33. The van der Waals surface area contributed by atoms with Crippen molar-refractivity contribution in [2.75, 3.05) is 5.32 Å². The normalized spacial score (nSPS) is 10.9. The number of aromatic amines is 1. The van der Waals surface area contributed by atoms with Crippen LogP contribution < -0.4 is 10.9 Å². The molecule has 0 bridgehead atoms. The Morgan fingerprint density at radius 3 is 2.78 bits per heavy atom. The van der Waals surface area contributed by atoms with Gasteiger partial charge in [-0.1, -0.05) is 13.8 Å². The third-order valence-electron chi connectivity index (χ3n) is 2.30. The number of rotatable bonds is 2. The second-order valence-electron chi connectivity index (χ2n) is 4.24. The number of carbonyl (C=O) groups is 1. The summed E-state index contributed by atoms with van der Waals surface area (Å²) in [5.41, 5.74) is 0.588. The highest BCUT2D eigenvalue weighted by atomic mass is 16.2. The van der Waals surface area contributed by atoms with E-state index in [-0.39, 0.29) is 28.9 Å². The molecule has 0 spiro atoms. The molecule has 0 unspecified atom stereocenters. The second kappa shape index (κ2) is 4.52. The lowest BCUT2D eigenvalue weighted by Gasteiger charge is -2.06. The first-order valence-corrected chi connectivity index (χ1v) is 5.52. The number of aryl methyl sites for hydroxylation is 1. The summed E-state index contributed by atoms with van der Waals surface area (Å²) < 4.78 is 0. The van der Waals surface area contributed by atoms with Crippen LogP contribution in [0.5, 0.6) is 0 Å². The van der Waals surface area contributed by atoms with E-state index < -0.39 is 5.56 Å². The van der Waals surface area contributed by atoms with Gasteiger partial charge in [0.25, 0.3) is 5.56 Å². The molecule has 0 aliphatic carbocycles. The first kappa shape index (κ1) is 12.2. The molecule has 0 saturated heterocycles. The molecule has 2 rings (SSSR count). The van der Waals surface area contributed by atoms with Crippen LogP contribution in [0.1, 0.15) is 19.5 Å². The van der Waals surface area contributed by atoms with Crippen molar-refractivity contribution in [3.05, 3.63) is 22.2 Å². The zero-order chi connectivity index (χ0) is 13.3. The standard InChI is InChI=1S/C11H13N5O2/c1-5(2)9(17)15-11-14-8-7(10(18)16-11)13-6(3)4-12-8/h4-5H,1-3H3,(H2,12,14,15,16,17,18). The van der Waals surface area contributed by atoms with Crippen LogP contribution in [0.4, 0.5) is 5.95 Å². The molecule has 2 aromatic heterocycles. The van der Waals surface area contributed by atoms with Crippen molar-refractivity contribution < 1.29 is 4.79 Å². The monoisotopic (exact) mass is 247 g/mol. The molecule has 1 amide bonds. The number of aromatic nitrogens is 4. The van der Waals surface area contributed by atoms with E-state index in [0.717, 1.165) is 0 Å². The number of hydrogen-bond acceptors (Lipinski definition) is 5. The predicted octanol–water partition coefficient (Wildman–Crippen LogP) is 0.616. The van der Waals surface area contributed by atoms with Crippen LogP contribution in [0.3, 0.4) is 0 Å². The number of nitrogens with one attached hydrogen (secondary N) is 2. The molecule has 7 nitrogen and oxygen atoms in total. The predicted molar refractivity (Wildman–Crippen MR) is 66.2 cm³/mol. The summed E-state index contributed by atoms with van der Waals surface area (Å²) in [6.45, 7) is 5.23. The molecule has 0 aliphatic heterocycles. The van der Waals surface area contributed by atoms with Crippen molar-refractivity contribution in [1.82, 2.24) is 19.9 Å². The highest BCUT2D eigenvalue weighted by Crippen LogP contribution is 2.05. The summed E-state index contributed by atoms with van der Waals surface area (Å²) in [7, 11) is 0. The Labute approximate surface area is 103 Å². The van der Waals surface area contributed by atoms with Crippen molar-refractivity contribution in [2.45, 2.75) is 20.8 Å². The Morgan fingerprint density at radius 1 is 1.39 bits per heavy atom. The summed E-state index contributed by atoms with van der Waals surface area (Å²) in [6, 6.07) is 0. The van der Waals surface area contributed by atoms with Crippen LogP contribution in [0.2, 0.25) is 0 Å². The van der Waals surface area contributed by atoms with E-state index in [1.165, 1.54) is 6.20 Å². The molecule has 2 heterocycles.